The molecule has 1 aliphatic heterocycles. The number of rotatable bonds is 7. The third-order valence-electron chi connectivity index (χ3n) is 4.67. The number of carbonyl (C=O) groups excluding carboxylic acids is 1. The average Bonchev–Trinajstić information content (AvgIpc) is 3.17. The summed E-state index contributed by atoms with van der Waals surface area (Å²) in [6, 6.07) is 10.7. The van der Waals surface area contributed by atoms with Crippen LogP contribution in [0.15, 0.2) is 47.6 Å². The zero-order valence-corrected chi connectivity index (χ0v) is 16.1. The molecule has 1 aliphatic rings. The number of carboxylic acid groups (broad SMARTS) is 1. The Kier molecular flexibility index (Phi) is 6.11. The van der Waals surface area contributed by atoms with Gasteiger partial charge in [0.25, 0.3) is 0 Å². The normalized spacial score (nSPS) is 15.8. The largest absolute Gasteiger partial charge is 0.497 e. The molecule has 0 saturated heterocycles. The number of hydrogen-bond acceptors (Lipinski definition) is 5. The molecule has 0 saturated carbocycles. The van der Waals surface area contributed by atoms with Crippen molar-refractivity contribution in [3.8, 4) is 11.5 Å². The van der Waals surface area contributed by atoms with Crippen LogP contribution in [0, 0.1) is 5.82 Å². The first kappa shape index (κ1) is 20.3. The molecule has 0 spiro atoms. The first-order valence-electron chi connectivity index (χ1n) is 9.02. The highest BCUT2D eigenvalue weighted by Gasteiger charge is 2.34. The number of amides is 1. The molecular formula is C21H21FN2O5. The minimum Gasteiger partial charge on any atom is -0.497 e. The van der Waals surface area contributed by atoms with Crippen LogP contribution < -0.4 is 9.47 Å². The third-order valence-corrected chi connectivity index (χ3v) is 4.67. The van der Waals surface area contributed by atoms with Crippen molar-refractivity contribution in [3.63, 3.8) is 0 Å². The van der Waals surface area contributed by atoms with E-state index in [9.17, 15) is 14.0 Å². The molecule has 29 heavy (non-hydrogen) atoms. The summed E-state index contributed by atoms with van der Waals surface area (Å²) in [5.41, 5.74) is 1.56. The van der Waals surface area contributed by atoms with Crippen molar-refractivity contribution in [1.82, 2.24) is 5.01 Å². The molecule has 152 valence electrons. The van der Waals surface area contributed by atoms with Crippen molar-refractivity contribution in [2.24, 2.45) is 5.10 Å². The molecule has 1 atom stereocenters. The number of methoxy groups -OCH3 is 2. The third kappa shape index (κ3) is 4.53. The molecule has 0 aromatic heterocycles. The maximum atomic E-state index is 14.4. The van der Waals surface area contributed by atoms with Crippen molar-refractivity contribution in [1.29, 1.82) is 0 Å². The molecule has 7 nitrogen and oxygen atoms in total. The van der Waals surface area contributed by atoms with Gasteiger partial charge in [-0.2, -0.15) is 5.10 Å². The van der Waals surface area contributed by atoms with Crippen molar-refractivity contribution in [2.45, 2.75) is 25.3 Å². The van der Waals surface area contributed by atoms with E-state index < -0.39 is 23.7 Å². The lowest BCUT2D eigenvalue weighted by molar-refractivity contribution is -0.141. The molecule has 8 heteroatoms. The second-order valence-corrected chi connectivity index (χ2v) is 6.52. The maximum absolute atomic E-state index is 14.4. The van der Waals surface area contributed by atoms with Gasteiger partial charge in [0.2, 0.25) is 5.91 Å². The van der Waals surface area contributed by atoms with Crippen molar-refractivity contribution in [3.05, 3.63) is 59.4 Å². The summed E-state index contributed by atoms with van der Waals surface area (Å²) >= 11 is 0. The van der Waals surface area contributed by atoms with E-state index in [0.29, 0.717) is 28.3 Å². The Morgan fingerprint density at radius 1 is 1.14 bits per heavy atom. The second-order valence-electron chi connectivity index (χ2n) is 6.52. The Morgan fingerprint density at radius 3 is 2.38 bits per heavy atom. The van der Waals surface area contributed by atoms with Crippen LogP contribution in [0.5, 0.6) is 11.5 Å². The topological polar surface area (TPSA) is 88.4 Å². The lowest BCUT2D eigenvalue weighted by atomic mass is 9.97. The monoisotopic (exact) mass is 400 g/mol. The van der Waals surface area contributed by atoms with Crippen LogP contribution in [0.2, 0.25) is 0 Å². The Balaban J connectivity index is 1.99. The Morgan fingerprint density at radius 2 is 1.79 bits per heavy atom. The number of benzene rings is 2. The van der Waals surface area contributed by atoms with Crippen LogP contribution in [-0.2, 0) is 9.59 Å². The summed E-state index contributed by atoms with van der Waals surface area (Å²) in [5, 5.41) is 14.5. The molecule has 3 rings (SSSR count). The fraction of sp³-hybridized carbons (Fsp3) is 0.286. The fourth-order valence-corrected chi connectivity index (χ4v) is 3.20. The Hall–Kier alpha value is -3.42. The van der Waals surface area contributed by atoms with E-state index in [4.69, 9.17) is 14.6 Å². The molecule has 0 fully saturated rings. The van der Waals surface area contributed by atoms with Gasteiger partial charge in [0.05, 0.1) is 32.4 Å². The maximum Gasteiger partial charge on any atom is 0.303 e. The van der Waals surface area contributed by atoms with Crippen LogP contribution in [-0.4, -0.2) is 41.9 Å². The summed E-state index contributed by atoms with van der Waals surface area (Å²) in [6.07, 6.45) is -0.272. The van der Waals surface area contributed by atoms with Gasteiger partial charge < -0.3 is 14.6 Å². The summed E-state index contributed by atoms with van der Waals surface area (Å²) in [4.78, 5) is 23.5. The minimum atomic E-state index is -1.08. The van der Waals surface area contributed by atoms with Crippen molar-refractivity contribution >= 4 is 17.6 Å². The van der Waals surface area contributed by atoms with E-state index in [0.717, 1.165) is 0 Å². The number of nitrogens with zero attached hydrogens (tertiary/aromatic N) is 2. The van der Waals surface area contributed by atoms with E-state index in [-0.39, 0.29) is 19.3 Å². The van der Waals surface area contributed by atoms with E-state index in [1.165, 1.54) is 25.3 Å². The molecule has 1 N–H and O–H groups in total. The number of halogens is 1. The number of carboxylic acids is 1. The van der Waals surface area contributed by atoms with Gasteiger partial charge in [0, 0.05) is 30.0 Å². The standard InChI is InChI=1S/C21H21FN2O5/c1-28-14-9-13(10-15(11-14)29-2)18-12-19(16-5-3-4-6-17(16)22)24(23-18)20(25)7-8-21(26)27/h3-6,9-11,19H,7-8,12H2,1-2H3,(H,26,27)/t19-/m0/s1. The number of hydrogen-bond donors (Lipinski definition) is 1. The van der Waals surface area contributed by atoms with Gasteiger partial charge in [-0.15, -0.1) is 0 Å². The SMILES string of the molecule is COc1cc(OC)cc(C2=NN(C(=O)CCC(=O)O)[C@H](c3ccccc3F)C2)c1. The van der Waals surface area contributed by atoms with Gasteiger partial charge in [-0.25, -0.2) is 9.40 Å². The molecule has 2 aromatic rings. The summed E-state index contributed by atoms with van der Waals surface area (Å²) in [6.45, 7) is 0. The van der Waals surface area contributed by atoms with Gasteiger partial charge in [-0.1, -0.05) is 18.2 Å². The van der Waals surface area contributed by atoms with Gasteiger partial charge in [-0.3, -0.25) is 9.59 Å². The van der Waals surface area contributed by atoms with Crippen molar-refractivity contribution in [2.75, 3.05) is 14.2 Å². The fourth-order valence-electron chi connectivity index (χ4n) is 3.20. The first-order valence-corrected chi connectivity index (χ1v) is 9.02. The Bertz CT molecular complexity index is 938. The minimum absolute atomic E-state index is 0.224. The molecule has 2 aromatic carbocycles. The summed E-state index contributed by atoms with van der Waals surface area (Å²) in [5.74, 6) is -0.902. The van der Waals surface area contributed by atoms with E-state index >= 15 is 0 Å². The van der Waals surface area contributed by atoms with E-state index in [1.807, 2.05) is 0 Å². The number of ether oxygens (including phenoxy) is 2. The summed E-state index contributed by atoms with van der Waals surface area (Å²) in [7, 11) is 3.05. The molecule has 1 amide bonds. The second kappa shape index (κ2) is 8.72. The van der Waals surface area contributed by atoms with Gasteiger partial charge >= 0.3 is 5.97 Å². The van der Waals surface area contributed by atoms with Crippen LogP contribution >= 0.6 is 0 Å². The molecule has 0 bridgehead atoms. The zero-order valence-electron chi connectivity index (χ0n) is 16.1. The smallest absolute Gasteiger partial charge is 0.303 e. The van der Waals surface area contributed by atoms with Gasteiger partial charge in [-0.05, 0) is 18.2 Å². The van der Waals surface area contributed by atoms with Gasteiger partial charge in [0.1, 0.15) is 17.3 Å². The van der Waals surface area contributed by atoms with Crippen LogP contribution in [0.1, 0.15) is 36.4 Å². The predicted molar refractivity (Wildman–Crippen MR) is 104 cm³/mol. The molecule has 1 heterocycles. The lowest BCUT2D eigenvalue weighted by Gasteiger charge is -2.22. The van der Waals surface area contributed by atoms with E-state index in [2.05, 4.69) is 5.10 Å². The predicted octanol–water partition coefficient (Wildman–Crippen LogP) is 3.39. The number of carbonyl (C=O) groups is 2. The van der Waals surface area contributed by atoms with Crippen LogP contribution in [0.25, 0.3) is 0 Å². The Labute approximate surface area is 167 Å². The van der Waals surface area contributed by atoms with Crippen LogP contribution in [0.4, 0.5) is 4.39 Å². The van der Waals surface area contributed by atoms with Crippen molar-refractivity contribution < 1.29 is 28.6 Å². The highest BCUT2D eigenvalue weighted by molar-refractivity contribution is 6.03. The van der Waals surface area contributed by atoms with Crippen LogP contribution in [0.3, 0.4) is 0 Å². The quantitative estimate of drug-likeness (QED) is 0.770. The molecule has 0 aliphatic carbocycles. The number of hydrazone groups is 1. The molecule has 0 radical (unpaired) electrons. The zero-order chi connectivity index (χ0) is 21.0. The lowest BCUT2D eigenvalue weighted by Crippen LogP contribution is -2.28. The number of aliphatic carboxylic acids is 1. The highest BCUT2D eigenvalue weighted by Crippen LogP contribution is 2.36. The highest BCUT2D eigenvalue weighted by atomic mass is 19.1. The average molecular weight is 400 g/mol. The van der Waals surface area contributed by atoms with Gasteiger partial charge in [0.15, 0.2) is 0 Å². The molecular weight excluding hydrogens is 379 g/mol. The summed E-state index contributed by atoms with van der Waals surface area (Å²) < 4.78 is 25.0. The van der Waals surface area contributed by atoms with E-state index in [1.54, 1.807) is 36.4 Å². The first-order chi connectivity index (χ1) is 13.9. The molecule has 0 unspecified atom stereocenters.